The molecule has 0 radical (unpaired) electrons. The third-order valence-electron chi connectivity index (χ3n) is 3.82. The Hall–Kier alpha value is -2.03. The number of ether oxygens (including phenoxy) is 1. The van der Waals surface area contributed by atoms with Crippen molar-refractivity contribution in [2.45, 2.75) is 59.8 Å². The van der Waals surface area contributed by atoms with Crippen LogP contribution in [0.4, 0.5) is 0 Å². The van der Waals surface area contributed by atoms with E-state index in [4.69, 9.17) is 4.74 Å². The van der Waals surface area contributed by atoms with Crippen molar-refractivity contribution in [3.63, 3.8) is 0 Å². The number of carbonyl (C=O) groups is 1. The first-order valence-corrected chi connectivity index (χ1v) is 8.72. The van der Waals surface area contributed by atoms with Gasteiger partial charge in [0.05, 0.1) is 12.2 Å². The number of unbranched alkanes of at least 4 members (excludes halogenated alkanes) is 1. The maximum absolute atomic E-state index is 11.2. The van der Waals surface area contributed by atoms with Crippen molar-refractivity contribution in [3.05, 3.63) is 52.6 Å². The second-order valence-electron chi connectivity index (χ2n) is 6.40. The second kappa shape index (κ2) is 10.7. The molecule has 0 heterocycles. The third kappa shape index (κ3) is 7.49. The molecule has 3 nitrogen and oxygen atoms in total. The van der Waals surface area contributed by atoms with E-state index < -0.39 is 5.97 Å². The summed E-state index contributed by atoms with van der Waals surface area (Å²) in [5.74, 6) is -0.109. The van der Waals surface area contributed by atoms with Gasteiger partial charge in [0.1, 0.15) is 5.75 Å². The fourth-order valence-electron chi connectivity index (χ4n) is 2.31. The molecule has 0 unspecified atom stereocenters. The van der Waals surface area contributed by atoms with Crippen LogP contribution in [-0.4, -0.2) is 17.7 Å². The number of allylic oxidation sites excluding steroid dienone is 4. The molecule has 0 aliphatic rings. The Morgan fingerprint density at radius 3 is 2.58 bits per heavy atom. The van der Waals surface area contributed by atoms with Crippen molar-refractivity contribution in [2.75, 3.05) is 6.61 Å². The monoisotopic (exact) mass is 330 g/mol. The summed E-state index contributed by atoms with van der Waals surface area (Å²) >= 11 is 0. The molecule has 132 valence electrons. The Labute approximate surface area is 146 Å². The maximum Gasteiger partial charge on any atom is 0.335 e. The summed E-state index contributed by atoms with van der Waals surface area (Å²) < 4.78 is 5.83. The van der Waals surface area contributed by atoms with Gasteiger partial charge < -0.3 is 9.84 Å². The molecule has 3 heteroatoms. The van der Waals surface area contributed by atoms with Crippen LogP contribution in [-0.2, 0) is 6.42 Å². The number of benzene rings is 1. The highest BCUT2D eigenvalue weighted by Gasteiger charge is 2.09. The highest BCUT2D eigenvalue weighted by Crippen LogP contribution is 2.23. The summed E-state index contributed by atoms with van der Waals surface area (Å²) in [6, 6.07) is 5.11. The van der Waals surface area contributed by atoms with Gasteiger partial charge in [0.15, 0.2) is 0 Å². The second-order valence-corrected chi connectivity index (χ2v) is 6.40. The minimum atomic E-state index is -0.902. The lowest BCUT2D eigenvalue weighted by atomic mass is 10.0. The summed E-state index contributed by atoms with van der Waals surface area (Å²) in [7, 11) is 0. The first-order valence-electron chi connectivity index (χ1n) is 8.72. The summed E-state index contributed by atoms with van der Waals surface area (Å²) in [6.07, 6.45) is 9.25. The molecule has 24 heavy (non-hydrogen) atoms. The lowest BCUT2D eigenvalue weighted by Crippen LogP contribution is -2.03. The number of hydrogen-bond donors (Lipinski definition) is 1. The van der Waals surface area contributed by atoms with Crippen molar-refractivity contribution >= 4 is 5.97 Å². The van der Waals surface area contributed by atoms with Crippen LogP contribution in [0.3, 0.4) is 0 Å². The molecule has 0 saturated carbocycles. The van der Waals surface area contributed by atoms with Crippen LogP contribution in [0.2, 0.25) is 0 Å². The highest BCUT2D eigenvalue weighted by atomic mass is 16.5. The van der Waals surface area contributed by atoms with Crippen molar-refractivity contribution < 1.29 is 14.6 Å². The van der Waals surface area contributed by atoms with E-state index in [1.165, 1.54) is 11.1 Å². The quantitative estimate of drug-likeness (QED) is 0.435. The number of carboxylic acids is 1. The number of carboxylic acid groups (broad SMARTS) is 1. The first-order chi connectivity index (χ1) is 11.4. The van der Waals surface area contributed by atoms with Crippen LogP contribution >= 0.6 is 0 Å². The Morgan fingerprint density at radius 2 is 1.96 bits per heavy atom. The lowest BCUT2D eigenvalue weighted by molar-refractivity contribution is 0.0696. The predicted octanol–water partition coefficient (Wildman–Crippen LogP) is 5.80. The maximum atomic E-state index is 11.2. The number of rotatable bonds is 10. The summed E-state index contributed by atoms with van der Waals surface area (Å²) in [4.78, 5) is 11.2. The van der Waals surface area contributed by atoms with Crippen LogP contribution in [0.5, 0.6) is 5.75 Å². The SMILES string of the molecule is CCCCOc1ccc(C(=O)O)cc1C/C=C(\C)CCC=C(C)C. The van der Waals surface area contributed by atoms with E-state index in [0.29, 0.717) is 18.6 Å². The zero-order valence-corrected chi connectivity index (χ0v) is 15.4. The molecule has 0 aliphatic carbocycles. The average Bonchev–Trinajstić information content (AvgIpc) is 2.53. The lowest BCUT2D eigenvalue weighted by Gasteiger charge is -2.11. The molecule has 0 amide bonds. The van der Waals surface area contributed by atoms with Gasteiger partial charge in [-0.2, -0.15) is 0 Å². The molecule has 0 aromatic heterocycles. The van der Waals surface area contributed by atoms with Gasteiger partial charge in [-0.15, -0.1) is 0 Å². The standard InChI is InChI=1S/C21H30O3/c1-5-6-14-24-20-13-12-19(21(22)23)15-18(20)11-10-17(4)9-7-8-16(2)3/h8,10,12-13,15H,5-7,9,11,14H2,1-4H3,(H,22,23)/b17-10+. The minimum Gasteiger partial charge on any atom is -0.493 e. The Bertz CT molecular complexity index is 593. The number of aromatic carboxylic acids is 1. The largest absolute Gasteiger partial charge is 0.493 e. The fourth-order valence-corrected chi connectivity index (χ4v) is 2.31. The highest BCUT2D eigenvalue weighted by molar-refractivity contribution is 5.88. The van der Waals surface area contributed by atoms with Gasteiger partial charge in [0.25, 0.3) is 0 Å². The molecule has 1 N–H and O–H groups in total. The summed E-state index contributed by atoms with van der Waals surface area (Å²) in [5.41, 5.74) is 3.90. The smallest absolute Gasteiger partial charge is 0.335 e. The van der Waals surface area contributed by atoms with Gasteiger partial charge in [-0.1, -0.05) is 36.6 Å². The fraction of sp³-hybridized carbons (Fsp3) is 0.476. The van der Waals surface area contributed by atoms with E-state index in [9.17, 15) is 9.90 Å². The molecular formula is C21H30O3. The third-order valence-corrected chi connectivity index (χ3v) is 3.82. The van der Waals surface area contributed by atoms with E-state index in [-0.39, 0.29) is 0 Å². The molecule has 0 fully saturated rings. The topological polar surface area (TPSA) is 46.5 Å². The average molecular weight is 330 g/mol. The van der Waals surface area contributed by atoms with E-state index in [0.717, 1.165) is 37.0 Å². The van der Waals surface area contributed by atoms with E-state index in [1.54, 1.807) is 18.2 Å². The molecular weight excluding hydrogens is 300 g/mol. The van der Waals surface area contributed by atoms with Gasteiger partial charge in [-0.25, -0.2) is 4.79 Å². The van der Waals surface area contributed by atoms with E-state index in [1.807, 2.05) is 0 Å². The molecule has 0 aliphatic heterocycles. The predicted molar refractivity (Wildman–Crippen MR) is 99.9 cm³/mol. The van der Waals surface area contributed by atoms with Crippen LogP contribution < -0.4 is 4.74 Å². The Balaban J connectivity index is 2.83. The Kier molecular flexibility index (Phi) is 8.92. The van der Waals surface area contributed by atoms with Crippen LogP contribution in [0.25, 0.3) is 0 Å². The van der Waals surface area contributed by atoms with E-state index in [2.05, 4.69) is 39.8 Å². The Morgan fingerprint density at radius 1 is 1.21 bits per heavy atom. The molecule has 0 spiro atoms. The molecule has 0 bridgehead atoms. The van der Waals surface area contributed by atoms with Gasteiger partial charge >= 0.3 is 5.97 Å². The van der Waals surface area contributed by atoms with Crippen LogP contribution in [0.1, 0.15) is 69.3 Å². The van der Waals surface area contributed by atoms with Gasteiger partial charge in [-0.05, 0) is 70.2 Å². The summed E-state index contributed by atoms with van der Waals surface area (Å²) in [5, 5.41) is 9.20. The van der Waals surface area contributed by atoms with Crippen molar-refractivity contribution in [2.24, 2.45) is 0 Å². The molecule has 1 rings (SSSR count). The summed E-state index contributed by atoms with van der Waals surface area (Å²) in [6.45, 7) is 9.12. The van der Waals surface area contributed by atoms with E-state index >= 15 is 0 Å². The van der Waals surface area contributed by atoms with Crippen LogP contribution in [0, 0.1) is 0 Å². The molecule has 0 saturated heterocycles. The number of hydrogen-bond acceptors (Lipinski definition) is 2. The van der Waals surface area contributed by atoms with Gasteiger partial charge in [-0.3, -0.25) is 0 Å². The van der Waals surface area contributed by atoms with Crippen molar-refractivity contribution in [3.8, 4) is 5.75 Å². The zero-order chi connectivity index (χ0) is 17.9. The van der Waals surface area contributed by atoms with Gasteiger partial charge in [0, 0.05) is 0 Å². The normalized spacial score (nSPS) is 11.2. The van der Waals surface area contributed by atoms with Crippen molar-refractivity contribution in [1.29, 1.82) is 0 Å². The molecule has 1 aromatic rings. The molecule has 1 aromatic carbocycles. The molecule has 0 atom stereocenters. The van der Waals surface area contributed by atoms with Gasteiger partial charge in [0.2, 0.25) is 0 Å². The first kappa shape index (κ1) is 20.0. The van der Waals surface area contributed by atoms with Crippen molar-refractivity contribution in [1.82, 2.24) is 0 Å². The zero-order valence-electron chi connectivity index (χ0n) is 15.4. The van der Waals surface area contributed by atoms with Crippen LogP contribution in [0.15, 0.2) is 41.5 Å². The minimum absolute atomic E-state index is 0.309.